The molecule has 1 nitrogen and oxygen atoms in total. The zero-order valence-corrected chi connectivity index (χ0v) is 9.45. The maximum Gasteiger partial charge on any atom is 0.138 e. The molecule has 0 aromatic carbocycles. The van der Waals surface area contributed by atoms with Crippen LogP contribution in [0.5, 0.6) is 0 Å². The largest absolute Gasteiger partial charge is 0.392 e. The van der Waals surface area contributed by atoms with Crippen LogP contribution in [0.25, 0.3) is 15.6 Å². The first-order chi connectivity index (χ1) is 7.31. The fraction of sp³-hybridized carbons (Fsp3) is 0.0909. The molecular weight excluding hydrogens is 231 g/mol. The summed E-state index contributed by atoms with van der Waals surface area (Å²) in [5.41, 5.74) is 0. The molecule has 2 rings (SSSR count). The molecule has 4 heteroatoms. The average molecular weight is 240 g/mol. The van der Waals surface area contributed by atoms with E-state index in [0.717, 1.165) is 9.75 Å². The highest BCUT2D eigenvalue weighted by Gasteiger charge is 2.06. The number of hydrogen-bond donors (Lipinski definition) is 1. The molecule has 0 saturated carbocycles. The molecule has 0 aliphatic heterocycles. The molecule has 2 aromatic rings. The van der Waals surface area contributed by atoms with Crippen molar-refractivity contribution in [2.24, 2.45) is 0 Å². The fourth-order valence-corrected chi connectivity index (χ4v) is 2.97. The van der Waals surface area contributed by atoms with Gasteiger partial charge in [-0.25, -0.2) is 4.39 Å². The quantitative estimate of drug-likeness (QED) is 0.865. The van der Waals surface area contributed by atoms with Crippen molar-refractivity contribution in [2.45, 2.75) is 0 Å². The summed E-state index contributed by atoms with van der Waals surface area (Å²) in [6.07, 6.45) is 1.17. The van der Waals surface area contributed by atoms with E-state index in [1.54, 1.807) is 17.4 Å². The summed E-state index contributed by atoms with van der Waals surface area (Å²) >= 11 is 3.03. The van der Waals surface area contributed by atoms with Crippen LogP contribution in [0.2, 0.25) is 0 Å². The first-order valence-corrected chi connectivity index (χ1v) is 6.11. The topological polar surface area (TPSA) is 20.2 Å². The van der Waals surface area contributed by atoms with Crippen molar-refractivity contribution in [3.63, 3.8) is 0 Å². The van der Waals surface area contributed by atoms with Crippen LogP contribution in [0.15, 0.2) is 35.7 Å². The number of hydrogen-bond acceptors (Lipinski definition) is 3. The van der Waals surface area contributed by atoms with Gasteiger partial charge in [-0.05, 0) is 29.7 Å². The van der Waals surface area contributed by atoms with Crippen LogP contribution in [0.3, 0.4) is 0 Å². The molecule has 0 amide bonds. The minimum atomic E-state index is -0.356. The van der Waals surface area contributed by atoms with Crippen LogP contribution >= 0.6 is 22.7 Å². The molecule has 0 aliphatic rings. The van der Waals surface area contributed by atoms with Gasteiger partial charge in [-0.15, -0.1) is 22.7 Å². The van der Waals surface area contributed by atoms with Crippen molar-refractivity contribution in [3.05, 3.63) is 40.6 Å². The Balaban J connectivity index is 2.29. The molecule has 0 atom stereocenters. The maximum atomic E-state index is 13.3. The molecule has 1 N–H and O–H groups in total. The molecule has 0 radical (unpaired) electrons. The molecule has 0 saturated heterocycles. The van der Waals surface area contributed by atoms with E-state index >= 15 is 0 Å². The summed E-state index contributed by atoms with van der Waals surface area (Å²) in [6.45, 7) is -0.266. The van der Waals surface area contributed by atoms with Crippen LogP contribution in [-0.2, 0) is 0 Å². The molecule has 15 heavy (non-hydrogen) atoms. The molecule has 2 aromatic heterocycles. The van der Waals surface area contributed by atoms with Crippen LogP contribution in [-0.4, -0.2) is 11.7 Å². The molecule has 78 valence electrons. The maximum absolute atomic E-state index is 13.3. The number of thiophene rings is 2. The highest BCUT2D eigenvalue weighted by atomic mass is 32.1. The van der Waals surface area contributed by atoms with Gasteiger partial charge in [0.25, 0.3) is 0 Å². The van der Waals surface area contributed by atoms with E-state index in [2.05, 4.69) is 0 Å². The van der Waals surface area contributed by atoms with Crippen molar-refractivity contribution >= 4 is 28.5 Å². The Morgan fingerprint density at radius 3 is 2.87 bits per heavy atom. The third-order valence-electron chi connectivity index (χ3n) is 1.88. The van der Waals surface area contributed by atoms with Gasteiger partial charge >= 0.3 is 0 Å². The standard InChI is InChI=1S/C11H9FOS2/c12-8(5-6-13)9-3-4-11(15-9)10-2-1-7-14-10/h1-5,7,13H,6H2. The van der Waals surface area contributed by atoms with E-state index in [4.69, 9.17) is 5.11 Å². The minimum Gasteiger partial charge on any atom is -0.392 e. The second-order valence-corrected chi connectivity index (χ2v) is 4.91. The predicted octanol–water partition coefficient (Wildman–Crippen LogP) is 3.78. The monoisotopic (exact) mass is 240 g/mol. The Bertz CT molecular complexity index is 457. The number of aliphatic hydroxyl groups is 1. The number of aliphatic hydroxyl groups excluding tert-OH is 1. The van der Waals surface area contributed by atoms with Gasteiger partial charge in [-0.2, -0.15) is 0 Å². The minimum absolute atomic E-state index is 0.266. The summed E-state index contributed by atoms with van der Waals surface area (Å²) in [5.74, 6) is -0.356. The number of halogens is 1. The lowest BCUT2D eigenvalue weighted by Crippen LogP contribution is -1.75. The first kappa shape index (κ1) is 10.5. The number of rotatable bonds is 3. The lowest BCUT2D eigenvalue weighted by molar-refractivity contribution is 0.342. The van der Waals surface area contributed by atoms with Crippen LogP contribution in [0.4, 0.5) is 4.39 Å². The molecule has 2 heterocycles. The van der Waals surface area contributed by atoms with E-state index in [9.17, 15) is 4.39 Å². The molecule has 0 fully saturated rings. The molecule has 0 spiro atoms. The lowest BCUT2D eigenvalue weighted by Gasteiger charge is -1.90. The highest BCUT2D eigenvalue weighted by molar-refractivity contribution is 7.21. The predicted molar refractivity (Wildman–Crippen MR) is 63.8 cm³/mol. The van der Waals surface area contributed by atoms with Crippen molar-refractivity contribution in [2.75, 3.05) is 6.61 Å². The van der Waals surface area contributed by atoms with Gasteiger partial charge in [-0.3, -0.25) is 0 Å². The zero-order valence-electron chi connectivity index (χ0n) is 7.81. The van der Waals surface area contributed by atoms with Gasteiger partial charge < -0.3 is 5.11 Å². The first-order valence-electron chi connectivity index (χ1n) is 4.42. The van der Waals surface area contributed by atoms with E-state index in [0.29, 0.717) is 4.88 Å². The normalized spacial score (nSPS) is 12.0. The molecule has 0 bridgehead atoms. The Morgan fingerprint density at radius 2 is 2.20 bits per heavy atom. The van der Waals surface area contributed by atoms with E-state index in [1.807, 2.05) is 23.6 Å². The smallest absolute Gasteiger partial charge is 0.138 e. The van der Waals surface area contributed by atoms with Gasteiger partial charge in [0.2, 0.25) is 0 Å². The van der Waals surface area contributed by atoms with Gasteiger partial charge in [0.1, 0.15) is 5.83 Å². The third-order valence-corrected chi connectivity index (χ3v) is 4.04. The van der Waals surface area contributed by atoms with Crippen LogP contribution < -0.4 is 0 Å². The molecular formula is C11H9FOS2. The van der Waals surface area contributed by atoms with Gasteiger partial charge in [-0.1, -0.05) is 6.07 Å². The second-order valence-electron chi connectivity index (χ2n) is 2.88. The SMILES string of the molecule is OCC=C(F)c1ccc(-c2cccs2)s1. The Morgan fingerprint density at radius 1 is 1.33 bits per heavy atom. The lowest BCUT2D eigenvalue weighted by atomic mass is 10.3. The summed E-state index contributed by atoms with van der Waals surface area (Å²) in [7, 11) is 0. The summed E-state index contributed by atoms with van der Waals surface area (Å²) in [4.78, 5) is 2.76. The van der Waals surface area contributed by atoms with E-state index in [1.165, 1.54) is 17.4 Å². The Labute approximate surface area is 95.1 Å². The van der Waals surface area contributed by atoms with E-state index < -0.39 is 0 Å². The third kappa shape index (κ3) is 2.34. The molecule has 0 aliphatic carbocycles. The zero-order chi connectivity index (χ0) is 10.7. The summed E-state index contributed by atoms with van der Waals surface area (Å²) in [5, 5.41) is 10.6. The Kier molecular flexibility index (Phi) is 3.30. The molecule has 0 unspecified atom stereocenters. The van der Waals surface area contributed by atoms with Crippen molar-refractivity contribution in [3.8, 4) is 9.75 Å². The Hall–Kier alpha value is -0.970. The average Bonchev–Trinajstić information content (AvgIpc) is 2.89. The summed E-state index contributed by atoms with van der Waals surface area (Å²) in [6, 6.07) is 7.62. The van der Waals surface area contributed by atoms with Gasteiger partial charge in [0.05, 0.1) is 11.5 Å². The van der Waals surface area contributed by atoms with Crippen LogP contribution in [0.1, 0.15) is 4.88 Å². The van der Waals surface area contributed by atoms with Crippen LogP contribution in [0, 0.1) is 0 Å². The van der Waals surface area contributed by atoms with Gasteiger partial charge in [0, 0.05) is 9.75 Å². The fourth-order valence-electron chi connectivity index (χ4n) is 1.20. The van der Waals surface area contributed by atoms with E-state index in [-0.39, 0.29) is 12.4 Å². The van der Waals surface area contributed by atoms with Crippen molar-refractivity contribution < 1.29 is 9.50 Å². The highest BCUT2D eigenvalue weighted by Crippen LogP contribution is 2.34. The second kappa shape index (κ2) is 4.70. The summed E-state index contributed by atoms with van der Waals surface area (Å²) < 4.78 is 13.3. The van der Waals surface area contributed by atoms with Crippen molar-refractivity contribution in [1.82, 2.24) is 0 Å². The van der Waals surface area contributed by atoms with Gasteiger partial charge in [0.15, 0.2) is 0 Å². The van der Waals surface area contributed by atoms with Crippen molar-refractivity contribution in [1.29, 1.82) is 0 Å².